The third kappa shape index (κ3) is 2.94. The minimum absolute atomic E-state index is 0.0115. The highest BCUT2D eigenvalue weighted by molar-refractivity contribution is 7.10. The van der Waals surface area contributed by atoms with Crippen molar-refractivity contribution in [2.75, 3.05) is 6.61 Å². The van der Waals surface area contributed by atoms with E-state index < -0.39 is 0 Å². The molecule has 3 rings (SSSR count). The predicted molar refractivity (Wildman–Crippen MR) is 85.9 cm³/mol. The van der Waals surface area contributed by atoms with Gasteiger partial charge in [-0.25, -0.2) is 4.98 Å². The summed E-state index contributed by atoms with van der Waals surface area (Å²) in [5, 5.41) is 5.14. The molecule has 5 nitrogen and oxygen atoms in total. The van der Waals surface area contributed by atoms with Crippen molar-refractivity contribution in [3.8, 4) is 0 Å². The molecule has 0 bridgehead atoms. The van der Waals surface area contributed by atoms with Gasteiger partial charge in [-0.1, -0.05) is 6.07 Å². The third-order valence-corrected chi connectivity index (χ3v) is 5.18. The summed E-state index contributed by atoms with van der Waals surface area (Å²) in [6, 6.07) is 3.97. The van der Waals surface area contributed by atoms with Crippen LogP contribution in [0.2, 0.25) is 0 Å². The number of rotatable bonds is 5. The van der Waals surface area contributed by atoms with Crippen LogP contribution in [-0.4, -0.2) is 28.1 Å². The largest absolute Gasteiger partial charge is 0.368 e. The van der Waals surface area contributed by atoms with Crippen LogP contribution < -0.4 is 5.32 Å². The fourth-order valence-corrected chi connectivity index (χ4v) is 3.59. The number of aryl methyl sites for hydroxylation is 1. The summed E-state index contributed by atoms with van der Waals surface area (Å²) >= 11 is 1.61. The molecular formula is C16H21N3O2S. The minimum atomic E-state index is -0.158. The van der Waals surface area contributed by atoms with E-state index in [2.05, 4.69) is 21.8 Å². The Balaban J connectivity index is 1.70. The number of hydrogen-bond acceptors (Lipinski definition) is 4. The van der Waals surface area contributed by atoms with Crippen LogP contribution in [-0.2, 0) is 16.1 Å². The molecule has 0 radical (unpaired) electrons. The number of nitrogens with zero attached hydrogens (tertiary/aromatic N) is 2. The molecule has 6 heteroatoms. The summed E-state index contributed by atoms with van der Waals surface area (Å²) in [7, 11) is 0. The Hall–Kier alpha value is -1.66. The number of hydrogen-bond donors (Lipinski definition) is 1. The number of amides is 1. The number of carbonyl (C=O) groups excluding carboxylic acids is 1. The second-order valence-corrected chi connectivity index (χ2v) is 6.48. The second kappa shape index (κ2) is 6.62. The number of nitrogens with one attached hydrogen (secondary N) is 1. The first-order valence-corrected chi connectivity index (χ1v) is 8.55. The monoisotopic (exact) mass is 319 g/mol. The van der Waals surface area contributed by atoms with Gasteiger partial charge in [0, 0.05) is 30.4 Å². The molecule has 1 saturated heterocycles. The lowest BCUT2D eigenvalue weighted by Crippen LogP contribution is -2.39. The van der Waals surface area contributed by atoms with Gasteiger partial charge in [0.2, 0.25) is 5.91 Å². The molecule has 0 spiro atoms. The molecule has 3 heterocycles. The maximum Gasteiger partial charge on any atom is 0.228 e. The number of carbonyl (C=O) groups is 1. The standard InChI is InChI=1S/C16H21N3O2S/c1-3-19-8-7-17-15(19)14-12(6-9-21-14)18-16(20)11(2)13-5-4-10-22-13/h4-5,7-8,10-12,14H,3,6,9H2,1-2H3,(H,18,20)/t11-,12+,14+/m1/s1. The van der Waals surface area contributed by atoms with Crippen LogP contribution in [0, 0.1) is 0 Å². The fourth-order valence-electron chi connectivity index (χ4n) is 2.81. The summed E-state index contributed by atoms with van der Waals surface area (Å²) in [4.78, 5) is 18.0. The van der Waals surface area contributed by atoms with E-state index in [9.17, 15) is 4.79 Å². The molecule has 0 saturated carbocycles. The van der Waals surface area contributed by atoms with Gasteiger partial charge < -0.3 is 14.6 Å². The van der Waals surface area contributed by atoms with Gasteiger partial charge in [-0.2, -0.15) is 0 Å². The Labute approximate surface area is 134 Å². The van der Waals surface area contributed by atoms with E-state index in [0.717, 1.165) is 23.7 Å². The average molecular weight is 319 g/mol. The molecule has 1 N–H and O–H groups in total. The van der Waals surface area contributed by atoms with Gasteiger partial charge in [0.15, 0.2) is 0 Å². The number of thiophene rings is 1. The van der Waals surface area contributed by atoms with Crippen molar-refractivity contribution in [2.24, 2.45) is 0 Å². The van der Waals surface area contributed by atoms with Gasteiger partial charge >= 0.3 is 0 Å². The molecule has 2 aromatic rings. The Morgan fingerprint density at radius 3 is 3.23 bits per heavy atom. The van der Waals surface area contributed by atoms with E-state index in [4.69, 9.17) is 4.74 Å². The molecule has 0 aliphatic carbocycles. The highest BCUT2D eigenvalue weighted by Crippen LogP contribution is 2.29. The van der Waals surface area contributed by atoms with Crippen LogP contribution in [0.15, 0.2) is 29.9 Å². The van der Waals surface area contributed by atoms with Gasteiger partial charge in [0.25, 0.3) is 0 Å². The van der Waals surface area contributed by atoms with Crippen molar-refractivity contribution in [1.29, 1.82) is 0 Å². The first kappa shape index (κ1) is 15.2. The lowest BCUT2D eigenvalue weighted by Gasteiger charge is -2.21. The lowest BCUT2D eigenvalue weighted by atomic mass is 10.1. The Morgan fingerprint density at radius 2 is 2.50 bits per heavy atom. The predicted octanol–water partition coefficient (Wildman–Crippen LogP) is 2.71. The summed E-state index contributed by atoms with van der Waals surface area (Å²) in [5.41, 5.74) is 0. The smallest absolute Gasteiger partial charge is 0.228 e. The van der Waals surface area contributed by atoms with E-state index in [1.165, 1.54) is 0 Å². The molecule has 3 atom stereocenters. The van der Waals surface area contributed by atoms with Crippen molar-refractivity contribution in [3.05, 3.63) is 40.6 Å². The van der Waals surface area contributed by atoms with Gasteiger partial charge in [-0.15, -0.1) is 11.3 Å². The van der Waals surface area contributed by atoms with Gasteiger partial charge in [0.1, 0.15) is 11.9 Å². The number of imidazole rings is 1. The molecule has 1 aliphatic rings. The van der Waals surface area contributed by atoms with Crippen molar-refractivity contribution >= 4 is 17.2 Å². The second-order valence-electron chi connectivity index (χ2n) is 5.50. The minimum Gasteiger partial charge on any atom is -0.368 e. The van der Waals surface area contributed by atoms with Crippen LogP contribution in [0.4, 0.5) is 0 Å². The molecule has 0 aromatic carbocycles. The molecule has 2 aromatic heterocycles. The number of ether oxygens (including phenoxy) is 1. The summed E-state index contributed by atoms with van der Waals surface area (Å²) in [6.07, 6.45) is 4.40. The SMILES string of the molecule is CCn1ccnc1[C@H]1OCC[C@@H]1NC(=O)[C@H](C)c1cccs1. The third-order valence-electron chi connectivity index (χ3n) is 4.13. The Bertz CT molecular complexity index is 623. The maximum absolute atomic E-state index is 12.5. The highest BCUT2D eigenvalue weighted by Gasteiger charge is 2.34. The quantitative estimate of drug-likeness (QED) is 0.922. The lowest BCUT2D eigenvalue weighted by molar-refractivity contribution is -0.123. The van der Waals surface area contributed by atoms with Gasteiger partial charge in [0.05, 0.1) is 12.0 Å². The van der Waals surface area contributed by atoms with E-state index in [1.54, 1.807) is 17.5 Å². The molecule has 1 fully saturated rings. The van der Waals surface area contributed by atoms with E-state index in [0.29, 0.717) is 6.61 Å². The maximum atomic E-state index is 12.5. The topological polar surface area (TPSA) is 56.1 Å². The van der Waals surface area contributed by atoms with Crippen molar-refractivity contribution in [1.82, 2.24) is 14.9 Å². The van der Waals surface area contributed by atoms with Crippen molar-refractivity contribution in [3.63, 3.8) is 0 Å². The van der Waals surface area contributed by atoms with Crippen LogP contribution in [0.25, 0.3) is 0 Å². The molecule has 118 valence electrons. The van der Waals surface area contributed by atoms with E-state index >= 15 is 0 Å². The molecule has 0 unspecified atom stereocenters. The molecule has 1 aliphatic heterocycles. The summed E-state index contributed by atoms with van der Waals surface area (Å²) in [5.74, 6) is 0.818. The zero-order valence-corrected chi connectivity index (χ0v) is 13.7. The van der Waals surface area contributed by atoms with Crippen molar-refractivity contribution in [2.45, 2.75) is 44.9 Å². The van der Waals surface area contributed by atoms with Crippen LogP contribution in [0.1, 0.15) is 43.0 Å². The first-order chi connectivity index (χ1) is 10.7. The number of aromatic nitrogens is 2. The van der Waals surface area contributed by atoms with Gasteiger partial charge in [-0.3, -0.25) is 4.79 Å². The van der Waals surface area contributed by atoms with Crippen LogP contribution in [0.5, 0.6) is 0 Å². The van der Waals surface area contributed by atoms with Crippen molar-refractivity contribution < 1.29 is 9.53 Å². The molecule has 1 amide bonds. The van der Waals surface area contributed by atoms with E-state index in [-0.39, 0.29) is 24.0 Å². The molecule has 22 heavy (non-hydrogen) atoms. The first-order valence-electron chi connectivity index (χ1n) is 7.67. The van der Waals surface area contributed by atoms with E-state index in [1.807, 2.05) is 30.6 Å². The average Bonchev–Trinajstić information content (AvgIpc) is 3.26. The molecular weight excluding hydrogens is 298 g/mol. The Kier molecular flexibility index (Phi) is 4.59. The zero-order chi connectivity index (χ0) is 15.5. The van der Waals surface area contributed by atoms with Crippen LogP contribution >= 0.6 is 11.3 Å². The summed E-state index contributed by atoms with van der Waals surface area (Å²) < 4.78 is 7.90. The summed E-state index contributed by atoms with van der Waals surface area (Å²) in [6.45, 7) is 5.52. The van der Waals surface area contributed by atoms with Gasteiger partial charge in [-0.05, 0) is 31.7 Å². The zero-order valence-electron chi connectivity index (χ0n) is 12.9. The normalized spacial score (nSPS) is 22.6. The fraction of sp³-hybridized carbons (Fsp3) is 0.500. The highest BCUT2D eigenvalue weighted by atomic mass is 32.1. The Morgan fingerprint density at radius 1 is 1.64 bits per heavy atom. The van der Waals surface area contributed by atoms with Crippen LogP contribution in [0.3, 0.4) is 0 Å².